The second kappa shape index (κ2) is 8.56. The summed E-state index contributed by atoms with van der Waals surface area (Å²) < 4.78 is 8.79. The van der Waals surface area contributed by atoms with E-state index in [0.717, 1.165) is 0 Å². The van der Waals surface area contributed by atoms with Crippen LogP contribution in [0.3, 0.4) is 0 Å². The summed E-state index contributed by atoms with van der Waals surface area (Å²) in [7, 11) is 0. The van der Waals surface area contributed by atoms with Crippen molar-refractivity contribution >= 4 is 38.3 Å². The maximum absolute atomic E-state index is 4.38. The third-order valence-corrected chi connectivity index (χ3v) is 21.6. The van der Waals surface area contributed by atoms with Crippen molar-refractivity contribution in [2.45, 2.75) is 72.6 Å². The van der Waals surface area contributed by atoms with Crippen LogP contribution >= 0.6 is 11.3 Å². The summed E-state index contributed by atoms with van der Waals surface area (Å²) in [5, 5.41) is 2.49. The van der Waals surface area contributed by atoms with Gasteiger partial charge in [-0.15, -0.1) is 0 Å². The van der Waals surface area contributed by atoms with Crippen LogP contribution in [-0.2, 0) is 0 Å². The van der Waals surface area contributed by atoms with E-state index in [1.54, 1.807) is 3.71 Å². The molecule has 0 aliphatic heterocycles. The van der Waals surface area contributed by atoms with Gasteiger partial charge in [0, 0.05) is 0 Å². The van der Waals surface area contributed by atoms with E-state index < -0.39 is 18.4 Å². The number of fused-ring (bicyclic) bond motifs is 1. The van der Waals surface area contributed by atoms with E-state index in [2.05, 4.69) is 41.9 Å². The number of hydrogen-bond donors (Lipinski definition) is 0. The first-order valence-corrected chi connectivity index (χ1v) is 17.0. The fourth-order valence-electron chi connectivity index (χ4n) is 3.41. The van der Waals surface area contributed by atoms with Gasteiger partial charge in [0.25, 0.3) is 0 Å². The van der Waals surface area contributed by atoms with E-state index in [4.69, 9.17) is 0 Å². The molecule has 4 heteroatoms. The molecule has 0 atom stereocenters. The predicted octanol–water partition coefficient (Wildman–Crippen LogP) is 5.45. The minimum absolute atomic E-state index is 1.34. The summed E-state index contributed by atoms with van der Waals surface area (Å²) in [5.41, 5.74) is 0. The molecule has 118 valence electrons. The number of unbranched alkanes of at least 4 members (excludes halogenated alkanes) is 3. The molecule has 2 aromatic heterocycles. The number of nitrogens with zero attached hydrogens (tertiary/aromatic N) is 2. The SMILES string of the molecule is CCC[CH2][Sn]([CH2]CCC)([CH2]CCC)[c]1csc2cncn12. The van der Waals surface area contributed by atoms with Crippen molar-refractivity contribution in [2.24, 2.45) is 0 Å². The fraction of sp³-hybridized carbons (Fsp3) is 0.706. The molecule has 0 aromatic carbocycles. The first-order valence-electron chi connectivity index (χ1n) is 8.67. The van der Waals surface area contributed by atoms with Crippen molar-refractivity contribution in [3.63, 3.8) is 0 Å². The Balaban J connectivity index is 2.37. The Bertz CT molecular complexity index is 510. The molecule has 0 radical (unpaired) electrons. The van der Waals surface area contributed by atoms with Gasteiger partial charge in [0.2, 0.25) is 0 Å². The monoisotopic (exact) mass is 414 g/mol. The molecule has 2 heterocycles. The van der Waals surface area contributed by atoms with E-state index in [-0.39, 0.29) is 0 Å². The van der Waals surface area contributed by atoms with E-state index in [1.807, 2.05) is 17.5 Å². The average molecular weight is 413 g/mol. The molecule has 0 amide bonds. The number of rotatable bonds is 10. The summed E-state index contributed by atoms with van der Waals surface area (Å²) in [6, 6.07) is 0. The zero-order chi connectivity index (χ0) is 15.1. The third kappa shape index (κ3) is 4.04. The average Bonchev–Trinajstić information content (AvgIpc) is 3.10. The second-order valence-electron chi connectivity index (χ2n) is 6.31. The van der Waals surface area contributed by atoms with Gasteiger partial charge in [0.15, 0.2) is 0 Å². The molecular weight excluding hydrogens is 383 g/mol. The third-order valence-electron chi connectivity index (χ3n) is 4.73. The zero-order valence-electron chi connectivity index (χ0n) is 13.9. The van der Waals surface area contributed by atoms with E-state index in [9.17, 15) is 0 Å². The summed E-state index contributed by atoms with van der Waals surface area (Å²) in [5.74, 6) is 0. The van der Waals surface area contributed by atoms with Crippen molar-refractivity contribution in [3.8, 4) is 0 Å². The van der Waals surface area contributed by atoms with Gasteiger partial charge in [-0.05, 0) is 0 Å². The Labute approximate surface area is 137 Å². The molecule has 21 heavy (non-hydrogen) atoms. The van der Waals surface area contributed by atoms with Gasteiger partial charge in [-0.3, -0.25) is 0 Å². The van der Waals surface area contributed by atoms with Crippen molar-refractivity contribution < 1.29 is 0 Å². The van der Waals surface area contributed by atoms with E-state index >= 15 is 0 Å². The van der Waals surface area contributed by atoms with Gasteiger partial charge in [-0.1, -0.05) is 0 Å². The van der Waals surface area contributed by atoms with Crippen LogP contribution in [0.2, 0.25) is 13.3 Å². The number of hydrogen-bond acceptors (Lipinski definition) is 2. The first kappa shape index (κ1) is 17.3. The van der Waals surface area contributed by atoms with Crippen molar-refractivity contribution in [3.05, 3.63) is 17.9 Å². The predicted molar refractivity (Wildman–Crippen MR) is 97.6 cm³/mol. The van der Waals surface area contributed by atoms with Gasteiger partial charge in [0.1, 0.15) is 0 Å². The molecule has 0 aliphatic rings. The fourth-order valence-corrected chi connectivity index (χ4v) is 22.4. The van der Waals surface area contributed by atoms with Crippen LogP contribution in [0, 0.1) is 0 Å². The molecule has 0 fully saturated rings. The molecule has 2 nitrogen and oxygen atoms in total. The molecule has 2 aromatic rings. The zero-order valence-corrected chi connectivity index (χ0v) is 17.6. The summed E-state index contributed by atoms with van der Waals surface area (Å²) in [4.78, 5) is 5.73. The Morgan fingerprint density at radius 3 is 2.10 bits per heavy atom. The quantitative estimate of drug-likeness (QED) is 0.474. The maximum atomic E-state index is 4.38. The molecule has 0 bridgehead atoms. The normalized spacial score (nSPS) is 12.3. The van der Waals surface area contributed by atoms with Gasteiger partial charge in [-0.25, -0.2) is 0 Å². The molecule has 0 N–H and O–H groups in total. The molecule has 0 spiro atoms. The Hall–Kier alpha value is -0.0313. The molecule has 2 rings (SSSR count). The Morgan fingerprint density at radius 1 is 1.00 bits per heavy atom. The minimum atomic E-state index is -2.27. The van der Waals surface area contributed by atoms with Crippen molar-refractivity contribution in [1.82, 2.24) is 9.38 Å². The van der Waals surface area contributed by atoms with Crippen LogP contribution in [0.1, 0.15) is 59.3 Å². The van der Waals surface area contributed by atoms with Crippen LogP contribution in [0.4, 0.5) is 0 Å². The van der Waals surface area contributed by atoms with Crippen LogP contribution in [-0.4, -0.2) is 27.8 Å². The van der Waals surface area contributed by atoms with E-state index in [0.29, 0.717) is 0 Å². The van der Waals surface area contributed by atoms with Gasteiger partial charge < -0.3 is 0 Å². The van der Waals surface area contributed by atoms with Crippen LogP contribution in [0.15, 0.2) is 17.9 Å². The van der Waals surface area contributed by atoms with Gasteiger partial charge in [-0.2, -0.15) is 0 Å². The van der Waals surface area contributed by atoms with Gasteiger partial charge >= 0.3 is 138 Å². The Kier molecular flexibility index (Phi) is 7.06. The topological polar surface area (TPSA) is 17.3 Å². The van der Waals surface area contributed by atoms with Crippen LogP contribution < -0.4 is 3.71 Å². The van der Waals surface area contributed by atoms with Crippen molar-refractivity contribution in [1.29, 1.82) is 0 Å². The molecule has 0 saturated carbocycles. The Morgan fingerprint density at radius 2 is 1.57 bits per heavy atom. The summed E-state index contributed by atoms with van der Waals surface area (Å²) in [6.07, 6.45) is 12.4. The standard InChI is InChI=1S/C5H3N2S.3C4H9.Sn/c1-2-8-5-3-6-4-7(1)5;3*1-3-4-2;/h2-4H;3*1,3-4H2,2H3;. The van der Waals surface area contributed by atoms with Crippen LogP contribution in [0.25, 0.3) is 4.83 Å². The number of thiazole rings is 1. The number of imidazole rings is 1. The van der Waals surface area contributed by atoms with Gasteiger partial charge in [0.05, 0.1) is 0 Å². The molecule has 0 aliphatic carbocycles. The molecule has 0 saturated heterocycles. The summed E-state index contributed by atoms with van der Waals surface area (Å²) >= 11 is -0.367. The first-order chi connectivity index (χ1) is 10.3. The van der Waals surface area contributed by atoms with E-state index in [1.165, 1.54) is 56.7 Å². The van der Waals surface area contributed by atoms with Crippen LogP contribution in [0.5, 0.6) is 0 Å². The van der Waals surface area contributed by atoms with Crippen molar-refractivity contribution in [2.75, 3.05) is 0 Å². The molecular formula is C17H30N2SSn. The molecule has 0 unspecified atom stereocenters. The summed E-state index contributed by atoms with van der Waals surface area (Å²) in [6.45, 7) is 7.03. The second-order valence-corrected chi connectivity index (χ2v) is 20.3. The number of aromatic nitrogens is 2.